The molecule has 0 spiro atoms. The van der Waals surface area contributed by atoms with Crippen LogP contribution in [0.2, 0.25) is 0 Å². The first-order valence-corrected chi connectivity index (χ1v) is 12.1. The van der Waals surface area contributed by atoms with Gasteiger partial charge in [-0.25, -0.2) is 4.57 Å². The molecule has 0 saturated carbocycles. The van der Waals surface area contributed by atoms with E-state index in [1.165, 1.54) is 62.3 Å². The quantitative estimate of drug-likeness (QED) is 0.245. The zero-order valence-electron chi connectivity index (χ0n) is 20.5. The third-order valence-corrected chi connectivity index (χ3v) is 8.06. The Morgan fingerprint density at radius 2 is 1.52 bits per heavy atom. The van der Waals surface area contributed by atoms with E-state index in [1.807, 2.05) is 0 Å². The highest BCUT2D eigenvalue weighted by molar-refractivity contribution is 6.13. The van der Waals surface area contributed by atoms with Crippen LogP contribution in [-0.2, 0) is 17.9 Å². The predicted octanol–water partition coefficient (Wildman–Crippen LogP) is 7.89. The maximum atomic E-state index is 6.68. The van der Waals surface area contributed by atoms with Crippen molar-refractivity contribution in [3.05, 3.63) is 77.5 Å². The second-order valence-corrected chi connectivity index (χ2v) is 11.3. The number of pyridine rings is 1. The molecule has 0 atom stereocenters. The van der Waals surface area contributed by atoms with E-state index in [0.717, 1.165) is 11.2 Å². The normalized spacial score (nSPS) is 17.0. The van der Waals surface area contributed by atoms with Gasteiger partial charge in [0.05, 0.1) is 5.56 Å². The fourth-order valence-corrected chi connectivity index (χ4v) is 6.00. The van der Waals surface area contributed by atoms with Crippen LogP contribution in [0.1, 0.15) is 57.2 Å². The number of hydrogen-bond donors (Lipinski definition) is 0. The van der Waals surface area contributed by atoms with Gasteiger partial charge >= 0.3 is 0 Å². The molecule has 5 aromatic rings. The highest BCUT2D eigenvalue weighted by Gasteiger charge is 2.43. The maximum absolute atomic E-state index is 6.68. The van der Waals surface area contributed by atoms with Crippen molar-refractivity contribution in [1.29, 1.82) is 0 Å². The topological polar surface area (TPSA) is 17.0 Å². The summed E-state index contributed by atoms with van der Waals surface area (Å²) < 4.78 is 8.99. The molecule has 2 aromatic heterocycles. The van der Waals surface area contributed by atoms with E-state index in [-0.39, 0.29) is 10.8 Å². The van der Waals surface area contributed by atoms with Gasteiger partial charge in [-0.3, -0.25) is 0 Å². The Morgan fingerprint density at radius 3 is 2.27 bits per heavy atom. The third kappa shape index (κ3) is 2.89. The number of hydrogen-bond acceptors (Lipinski definition) is 1. The molecule has 3 aromatic carbocycles. The van der Waals surface area contributed by atoms with E-state index in [1.54, 1.807) is 0 Å². The first-order valence-electron chi connectivity index (χ1n) is 12.1. The van der Waals surface area contributed by atoms with Crippen molar-refractivity contribution in [1.82, 2.24) is 0 Å². The first kappa shape index (κ1) is 20.5. The lowest BCUT2D eigenvalue weighted by atomic mass is 9.62. The Morgan fingerprint density at radius 1 is 0.818 bits per heavy atom. The molecule has 0 saturated heterocycles. The summed E-state index contributed by atoms with van der Waals surface area (Å²) in [5.41, 5.74) is 8.99. The molecule has 0 radical (unpaired) electrons. The van der Waals surface area contributed by atoms with Gasteiger partial charge in [-0.15, -0.1) is 0 Å². The number of benzene rings is 3. The monoisotopic (exact) mass is 434 g/mol. The number of fused-ring (bicyclic) bond motifs is 5. The molecule has 2 heteroatoms. The Balaban J connectivity index is 1.76. The Kier molecular flexibility index (Phi) is 4.15. The minimum Gasteiger partial charge on any atom is -0.455 e. The molecule has 2 heterocycles. The minimum atomic E-state index is 0.106. The van der Waals surface area contributed by atoms with Crippen LogP contribution in [-0.4, -0.2) is 0 Å². The maximum Gasteiger partial charge on any atom is 0.220 e. The molecular formula is C31H32NO+. The van der Waals surface area contributed by atoms with Gasteiger partial charge < -0.3 is 4.42 Å². The van der Waals surface area contributed by atoms with Crippen molar-refractivity contribution >= 4 is 32.7 Å². The second kappa shape index (κ2) is 6.70. The van der Waals surface area contributed by atoms with E-state index < -0.39 is 0 Å². The van der Waals surface area contributed by atoms with Gasteiger partial charge in [-0.05, 0) is 64.6 Å². The van der Waals surface area contributed by atoms with Crippen LogP contribution in [0.5, 0.6) is 0 Å². The third-order valence-electron chi connectivity index (χ3n) is 8.06. The Bertz CT molecular complexity index is 1580. The van der Waals surface area contributed by atoms with Crippen LogP contribution >= 0.6 is 0 Å². The summed E-state index contributed by atoms with van der Waals surface area (Å²) in [5.74, 6) is 0. The molecule has 0 N–H and O–H groups in total. The second-order valence-electron chi connectivity index (χ2n) is 11.3. The van der Waals surface area contributed by atoms with Crippen molar-refractivity contribution < 1.29 is 8.98 Å². The van der Waals surface area contributed by atoms with Crippen molar-refractivity contribution in [3.63, 3.8) is 0 Å². The molecule has 0 aliphatic heterocycles. The average molecular weight is 435 g/mol. The number of aromatic nitrogens is 1. The van der Waals surface area contributed by atoms with Gasteiger partial charge in [-0.2, -0.15) is 0 Å². The van der Waals surface area contributed by atoms with Crippen LogP contribution in [0.3, 0.4) is 0 Å². The van der Waals surface area contributed by atoms with E-state index >= 15 is 0 Å². The molecule has 0 amide bonds. The van der Waals surface area contributed by atoms with Crippen molar-refractivity contribution in [3.8, 4) is 11.3 Å². The standard InChI is InChI=1S/C31H32NO/c1-19-11-12-22-23-17-20-9-7-8-10-21(20)18-25(23)33-29(22)26(19)28-27-24(13-16-32(28)6)30(2,3)14-15-31(27,4)5/h7-13,16-18H,14-15H2,1-6H3/q+1. The first-order chi connectivity index (χ1) is 15.7. The molecule has 1 aliphatic carbocycles. The summed E-state index contributed by atoms with van der Waals surface area (Å²) in [6.07, 6.45) is 4.64. The number of rotatable bonds is 1. The van der Waals surface area contributed by atoms with Crippen molar-refractivity contribution in [2.75, 3.05) is 0 Å². The van der Waals surface area contributed by atoms with Crippen LogP contribution in [0.15, 0.2) is 65.2 Å². The van der Waals surface area contributed by atoms with E-state index in [2.05, 4.69) is 107 Å². The average Bonchev–Trinajstić information content (AvgIpc) is 3.13. The van der Waals surface area contributed by atoms with Gasteiger partial charge in [0.1, 0.15) is 18.2 Å². The van der Waals surface area contributed by atoms with Crippen LogP contribution in [0.25, 0.3) is 44.0 Å². The molecule has 2 nitrogen and oxygen atoms in total. The number of aryl methyl sites for hydroxylation is 2. The van der Waals surface area contributed by atoms with Gasteiger partial charge in [-0.1, -0.05) is 64.1 Å². The van der Waals surface area contributed by atoms with Crippen molar-refractivity contribution in [2.24, 2.45) is 7.05 Å². The van der Waals surface area contributed by atoms with Gasteiger partial charge in [0.15, 0.2) is 6.20 Å². The van der Waals surface area contributed by atoms with Crippen LogP contribution < -0.4 is 4.57 Å². The highest BCUT2D eigenvalue weighted by Crippen LogP contribution is 2.50. The SMILES string of the molecule is Cc1ccc2c(oc3cc4ccccc4cc32)c1-c1c2c(cc[n+]1C)C(C)(C)CCC2(C)C. The fourth-order valence-electron chi connectivity index (χ4n) is 6.00. The molecule has 1 aliphatic rings. The summed E-state index contributed by atoms with van der Waals surface area (Å²) in [6, 6.07) is 19.9. The Labute approximate surface area is 195 Å². The van der Waals surface area contributed by atoms with E-state index in [4.69, 9.17) is 4.42 Å². The summed E-state index contributed by atoms with van der Waals surface area (Å²) in [7, 11) is 2.18. The zero-order valence-corrected chi connectivity index (χ0v) is 20.5. The fraction of sp³-hybridized carbons (Fsp3) is 0.323. The number of furan rings is 1. The van der Waals surface area contributed by atoms with Crippen molar-refractivity contribution in [2.45, 2.75) is 58.3 Å². The molecule has 0 fully saturated rings. The molecule has 0 bridgehead atoms. The molecular weight excluding hydrogens is 402 g/mol. The van der Waals surface area contributed by atoms with E-state index in [9.17, 15) is 0 Å². The summed E-state index contributed by atoms with van der Waals surface area (Å²) in [4.78, 5) is 0. The minimum absolute atomic E-state index is 0.106. The lowest BCUT2D eigenvalue weighted by Gasteiger charge is -2.41. The summed E-state index contributed by atoms with van der Waals surface area (Å²) in [6.45, 7) is 11.8. The predicted molar refractivity (Wildman–Crippen MR) is 138 cm³/mol. The van der Waals surface area contributed by atoms with Crippen LogP contribution in [0.4, 0.5) is 0 Å². The molecule has 166 valence electrons. The molecule has 0 unspecified atom stereocenters. The van der Waals surface area contributed by atoms with Gasteiger partial charge in [0, 0.05) is 22.4 Å². The number of nitrogens with zero attached hydrogens (tertiary/aromatic N) is 1. The summed E-state index contributed by atoms with van der Waals surface area (Å²) in [5, 5.41) is 4.85. The zero-order chi connectivity index (χ0) is 23.1. The van der Waals surface area contributed by atoms with Gasteiger partial charge in [0.25, 0.3) is 0 Å². The Hall–Kier alpha value is -3.13. The highest BCUT2D eigenvalue weighted by atomic mass is 16.3. The molecule has 33 heavy (non-hydrogen) atoms. The van der Waals surface area contributed by atoms with E-state index in [0.29, 0.717) is 0 Å². The van der Waals surface area contributed by atoms with Gasteiger partial charge in [0.2, 0.25) is 5.69 Å². The molecule has 6 rings (SSSR count). The largest absolute Gasteiger partial charge is 0.455 e. The lowest BCUT2D eigenvalue weighted by molar-refractivity contribution is -0.661. The van der Waals surface area contributed by atoms with Crippen LogP contribution in [0, 0.1) is 6.92 Å². The summed E-state index contributed by atoms with van der Waals surface area (Å²) >= 11 is 0. The smallest absolute Gasteiger partial charge is 0.220 e. The lowest BCUT2D eigenvalue weighted by Crippen LogP contribution is -2.41.